The molecule has 0 aliphatic carbocycles. The number of nitrogens with zero attached hydrogens (tertiary/aromatic N) is 3. The molecule has 0 aromatic heterocycles. The maximum atomic E-state index is 10.0. The number of hydrogen-bond donors (Lipinski definition) is 4. The predicted octanol–water partition coefficient (Wildman–Crippen LogP) is -2.10. The molecule has 0 bridgehead atoms. The molecule has 0 spiro atoms. The van der Waals surface area contributed by atoms with Crippen molar-refractivity contribution < 1.29 is 4.79 Å². The van der Waals surface area contributed by atoms with Crippen molar-refractivity contribution in [1.82, 2.24) is 10.2 Å². The van der Waals surface area contributed by atoms with Gasteiger partial charge in [-0.25, -0.2) is 0 Å². The first-order valence-electron chi connectivity index (χ1n) is 4.06. The van der Waals surface area contributed by atoms with Crippen LogP contribution < -0.4 is 16.8 Å². The van der Waals surface area contributed by atoms with E-state index < -0.39 is 0 Å². The molecule has 8 heteroatoms. The van der Waals surface area contributed by atoms with Crippen LogP contribution in [0.5, 0.6) is 0 Å². The van der Waals surface area contributed by atoms with Crippen LogP contribution in [0.4, 0.5) is 0 Å². The standard InChI is InChI=1S/C4H11N5.C3H4N2O/c1-9(2)4(7)8-3(5)6;6-3-1-4-2-5-3/h1-2H3,(H5,5,6,7,8);2H,1H2,(H,4,5,6). The normalized spacial score (nSPS) is 14.0. The Balaban J connectivity index is 0.000000280. The zero-order valence-corrected chi connectivity index (χ0v) is 8.69. The van der Waals surface area contributed by atoms with Crippen LogP contribution in [0.3, 0.4) is 0 Å². The number of aliphatic imine (C=N–C) groups is 2. The summed E-state index contributed by atoms with van der Waals surface area (Å²) >= 11 is 0. The molecule has 8 nitrogen and oxygen atoms in total. The molecule has 1 aliphatic rings. The summed E-state index contributed by atoms with van der Waals surface area (Å²) in [5, 5.41) is 9.09. The van der Waals surface area contributed by atoms with Gasteiger partial charge in [-0.2, -0.15) is 4.99 Å². The Morgan fingerprint density at radius 1 is 1.67 bits per heavy atom. The van der Waals surface area contributed by atoms with Crippen molar-refractivity contribution in [3.63, 3.8) is 0 Å². The van der Waals surface area contributed by atoms with Crippen LogP contribution in [-0.2, 0) is 4.79 Å². The maximum Gasteiger partial charge on any atom is 0.246 e. The van der Waals surface area contributed by atoms with E-state index in [2.05, 4.69) is 15.3 Å². The zero-order valence-electron chi connectivity index (χ0n) is 8.69. The van der Waals surface area contributed by atoms with Crippen LogP contribution in [0.15, 0.2) is 9.98 Å². The highest BCUT2D eigenvalue weighted by atomic mass is 16.2. The second-order valence-electron chi connectivity index (χ2n) is 2.79. The van der Waals surface area contributed by atoms with Crippen LogP contribution in [0.25, 0.3) is 0 Å². The van der Waals surface area contributed by atoms with E-state index in [1.807, 2.05) is 0 Å². The number of carbonyl (C=O) groups is 1. The van der Waals surface area contributed by atoms with E-state index in [0.29, 0.717) is 6.54 Å². The third-order valence-corrected chi connectivity index (χ3v) is 1.24. The van der Waals surface area contributed by atoms with Gasteiger partial charge in [-0.1, -0.05) is 0 Å². The van der Waals surface area contributed by atoms with Gasteiger partial charge >= 0.3 is 0 Å². The molecule has 0 atom stereocenters. The molecule has 0 radical (unpaired) electrons. The SMILES string of the molecule is CN(C)C(N)=NC(=N)N.O=C1CN=CN1. The number of guanidine groups is 2. The first-order chi connectivity index (χ1) is 6.93. The summed E-state index contributed by atoms with van der Waals surface area (Å²) < 4.78 is 0. The highest BCUT2D eigenvalue weighted by Crippen LogP contribution is 1.73. The van der Waals surface area contributed by atoms with Gasteiger partial charge < -0.3 is 21.7 Å². The quantitative estimate of drug-likeness (QED) is 0.271. The minimum atomic E-state index is -0.277. The van der Waals surface area contributed by atoms with Crippen molar-refractivity contribution in [1.29, 1.82) is 5.41 Å². The van der Waals surface area contributed by atoms with Crippen LogP contribution in [-0.4, -0.2) is 49.7 Å². The first-order valence-corrected chi connectivity index (χ1v) is 4.06. The van der Waals surface area contributed by atoms with Gasteiger partial charge in [0.05, 0.1) is 6.34 Å². The fraction of sp³-hybridized carbons (Fsp3) is 0.429. The van der Waals surface area contributed by atoms with E-state index in [-0.39, 0.29) is 17.8 Å². The van der Waals surface area contributed by atoms with E-state index >= 15 is 0 Å². The zero-order chi connectivity index (χ0) is 11.8. The van der Waals surface area contributed by atoms with Crippen LogP contribution in [0.1, 0.15) is 0 Å². The van der Waals surface area contributed by atoms with Crippen molar-refractivity contribution in [3.8, 4) is 0 Å². The van der Waals surface area contributed by atoms with E-state index in [9.17, 15) is 4.79 Å². The third-order valence-electron chi connectivity index (χ3n) is 1.24. The largest absolute Gasteiger partial charge is 0.369 e. The number of hydrogen-bond acceptors (Lipinski definition) is 3. The molecule has 0 unspecified atom stereocenters. The average Bonchev–Trinajstić information content (AvgIpc) is 2.55. The molecule has 15 heavy (non-hydrogen) atoms. The molecule has 1 amide bonds. The maximum absolute atomic E-state index is 10.0. The summed E-state index contributed by atoms with van der Waals surface area (Å²) in [6.45, 7) is 0.306. The topological polar surface area (TPSA) is 133 Å². The van der Waals surface area contributed by atoms with Gasteiger partial charge in [-0.3, -0.25) is 15.2 Å². The van der Waals surface area contributed by atoms with Crippen molar-refractivity contribution >= 4 is 24.2 Å². The van der Waals surface area contributed by atoms with Gasteiger partial charge in [0, 0.05) is 14.1 Å². The summed E-state index contributed by atoms with van der Waals surface area (Å²) in [7, 11) is 3.45. The van der Waals surface area contributed by atoms with Crippen molar-refractivity contribution in [3.05, 3.63) is 0 Å². The molecule has 0 saturated carbocycles. The third kappa shape index (κ3) is 6.99. The lowest BCUT2D eigenvalue weighted by Crippen LogP contribution is -2.32. The Morgan fingerprint density at radius 3 is 2.40 bits per heavy atom. The minimum absolute atomic E-state index is 0.0185. The lowest BCUT2D eigenvalue weighted by atomic mass is 10.7. The molecule has 1 aliphatic heterocycles. The highest BCUT2D eigenvalue weighted by molar-refractivity contribution is 5.93. The molecule has 1 heterocycles. The van der Waals surface area contributed by atoms with Gasteiger partial charge in [0.1, 0.15) is 6.54 Å². The molecule has 84 valence electrons. The van der Waals surface area contributed by atoms with E-state index in [4.69, 9.17) is 16.9 Å². The Bertz CT molecular complexity index is 284. The van der Waals surface area contributed by atoms with Crippen molar-refractivity contribution in [2.24, 2.45) is 21.5 Å². The molecular weight excluding hydrogens is 198 g/mol. The molecule has 0 saturated heterocycles. The molecule has 0 fully saturated rings. The van der Waals surface area contributed by atoms with Crippen LogP contribution in [0.2, 0.25) is 0 Å². The first kappa shape index (κ1) is 12.9. The van der Waals surface area contributed by atoms with Gasteiger partial charge in [0.2, 0.25) is 11.9 Å². The number of carbonyl (C=O) groups excluding carboxylic acids is 1. The summed E-state index contributed by atoms with van der Waals surface area (Å²) in [5.74, 6) is -0.0568. The Morgan fingerprint density at radius 2 is 2.27 bits per heavy atom. The Hall–Kier alpha value is -2.12. The summed E-state index contributed by atoms with van der Waals surface area (Å²) in [4.78, 5) is 18.6. The average molecular weight is 213 g/mol. The lowest BCUT2D eigenvalue weighted by Gasteiger charge is -2.08. The lowest BCUT2D eigenvalue weighted by molar-refractivity contribution is -0.117. The second kappa shape index (κ2) is 6.35. The van der Waals surface area contributed by atoms with Crippen LogP contribution in [0, 0.1) is 5.41 Å². The molecular formula is C7H15N7O. The van der Waals surface area contributed by atoms with Crippen LogP contribution >= 0.6 is 0 Å². The molecule has 0 aromatic carbocycles. The molecule has 6 N–H and O–H groups in total. The highest BCUT2D eigenvalue weighted by Gasteiger charge is 1.98. The number of nitrogens with one attached hydrogen (secondary N) is 2. The van der Waals surface area contributed by atoms with E-state index in [0.717, 1.165) is 0 Å². The summed E-state index contributed by atoms with van der Waals surface area (Å²) in [6, 6.07) is 0. The monoisotopic (exact) mass is 213 g/mol. The molecule has 0 aromatic rings. The second-order valence-corrected chi connectivity index (χ2v) is 2.79. The van der Waals surface area contributed by atoms with Gasteiger partial charge in [-0.05, 0) is 0 Å². The predicted molar refractivity (Wildman–Crippen MR) is 58.7 cm³/mol. The van der Waals surface area contributed by atoms with Gasteiger partial charge in [-0.15, -0.1) is 0 Å². The smallest absolute Gasteiger partial charge is 0.246 e. The summed E-state index contributed by atoms with van der Waals surface area (Å²) in [5.41, 5.74) is 10.2. The van der Waals surface area contributed by atoms with Gasteiger partial charge in [0.15, 0.2) is 5.96 Å². The minimum Gasteiger partial charge on any atom is -0.369 e. The van der Waals surface area contributed by atoms with Crippen molar-refractivity contribution in [2.75, 3.05) is 20.6 Å². The number of nitrogens with two attached hydrogens (primary N) is 2. The fourth-order valence-corrected chi connectivity index (χ4v) is 0.515. The number of amides is 1. The van der Waals surface area contributed by atoms with E-state index in [1.54, 1.807) is 19.0 Å². The fourth-order valence-electron chi connectivity index (χ4n) is 0.515. The Kier molecular flexibility index (Phi) is 5.45. The Labute approximate surface area is 87.6 Å². The van der Waals surface area contributed by atoms with Gasteiger partial charge in [0.25, 0.3) is 0 Å². The van der Waals surface area contributed by atoms with Crippen molar-refractivity contribution in [2.45, 2.75) is 0 Å². The van der Waals surface area contributed by atoms with E-state index in [1.165, 1.54) is 6.34 Å². The molecule has 1 rings (SSSR count). The summed E-state index contributed by atoms with van der Waals surface area (Å²) in [6.07, 6.45) is 1.41. The number of rotatable bonds is 0.